The number of halogens is 2. The molecule has 2 aliphatic rings. The Morgan fingerprint density at radius 1 is 1.17 bits per heavy atom. The van der Waals surface area contributed by atoms with Crippen molar-refractivity contribution >= 4 is 58.0 Å². The molecule has 0 aliphatic carbocycles. The number of hydrogen-bond donors (Lipinski definition) is 3. The molecule has 2 aromatic carbocycles. The first-order chi connectivity index (χ1) is 17.4. The van der Waals surface area contributed by atoms with Crippen LogP contribution in [0, 0.1) is 0 Å². The zero-order chi connectivity index (χ0) is 25.2. The number of para-hydroxylation sites is 1. The Bertz CT molecular complexity index is 1310. The molecule has 2 aliphatic heterocycles. The molecule has 1 aromatic heterocycles. The van der Waals surface area contributed by atoms with Crippen molar-refractivity contribution in [1.29, 1.82) is 0 Å². The van der Waals surface area contributed by atoms with Crippen LogP contribution in [0.3, 0.4) is 0 Å². The molecule has 1 fully saturated rings. The molecule has 3 heterocycles. The minimum atomic E-state index is -0.364. The largest absolute Gasteiger partial charge is 0.455 e. The maximum atomic E-state index is 13.1. The molecule has 5 rings (SSSR count). The molecule has 3 aromatic rings. The monoisotopic (exact) mass is 526 g/mol. The number of ether oxygens (including phenoxy) is 1. The summed E-state index contributed by atoms with van der Waals surface area (Å²) in [4.78, 5) is 35.0. The topological polar surface area (TPSA) is 108 Å². The van der Waals surface area contributed by atoms with Crippen molar-refractivity contribution in [2.45, 2.75) is 25.7 Å². The quantitative estimate of drug-likeness (QED) is 0.431. The van der Waals surface area contributed by atoms with Gasteiger partial charge in [0.2, 0.25) is 17.7 Å². The lowest BCUT2D eigenvalue weighted by Gasteiger charge is -2.29. The molecule has 186 valence electrons. The third kappa shape index (κ3) is 4.95. The third-order valence-electron chi connectivity index (χ3n) is 6.17. The van der Waals surface area contributed by atoms with Crippen molar-refractivity contribution < 1.29 is 14.3 Å². The van der Waals surface area contributed by atoms with Gasteiger partial charge in [-0.1, -0.05) is 35.3 Å². The first-order valence-corrected chi connectivity index (χ1v) is 12.3. The maximum absolute atomic E-state index is 13.1. The van der Waals surface area contributed by atoms with Gasteiger partial charge in [0.25, 0.3) is 5.91 Å². The molecule has 0 radical (unpaired) electrons. The van der Waals surface area contributed by atoms with Crippen molar-refractivity contribution in [1.82, 2.24) is 15.3 Å². The maximum Gasteiger partial charge on any atom is 0.268 e. The first kappa shape index (κ1) is 24.3. The van der Waals surface area contributed by atoms with Crippen molar-refractivity contribution in [3.05, 3.63) is 63.8 Å². The van der Waals surface area contributed by atoms with Crippen molar-refractivity contribution in [3.8, 4) is 5.88 Å². The van der Waals surface area contributed by atoms with E-state index >= 15 is 0 Å². The van der Waals surface area contributed by atoms with E-state index < -0.39 is 0 Å². The Hall–Kier alpha value is -3.40. The summed E-state index contributed by atoms with van der Waals surface area (Å²) in [6.45, 7) is 3.30. The van der Waals surface area contributed by atoms with E-state index in [2.05, 4.69) is 25.9 Å². The highest BCUT2D eigenvalue weighted by molar-refractivity contribution is 6.40. The SMILES string of the molecule is CC(=O)Nc1cc(Nc2ncc3c(n2)OCN(c2c(Cl)cccc2Cl)C3=O)ccc1C1CCNCC1. The normalized spacial score (nSPS) is 15.8. The Balaban J connectivity index is 1.38. The van der Waals surface area contributed by atoms with E-state index in [9.17, 15) is 9.59 Å². The van der Waals surface area contributed by atoms with Crippen molar-refractivity contribution in [3.63, 3.8) is 0 Å². The van der Waals surface area contributed by atoms with Gasteiger partial charge < -0.3 is 20.7 Å². The van der Waals surface area contributed by atoms with Gasteiger partial charge in [-0.25, -0.2) is 4.98 Å². The summed E-state index contributed by atoms with van der Waals surface area (Å²) in [6.07, 6.45) is 3.42. The second kappa shape index (κ2) is 10.3. The number of rotatable bonds is 5. The highest BCUT2D eigenvalue weighted by Crippen LogP contribution is 2.37. The number of amides is 2. The summed E-state index contributed by atoms with van der Waals surface area (Å²) >= 11 is 12.5. The standard InChI is InChI=1S/C25H24Cl2N6O3/c1-14(34)30-21-11-16(5-6-17(21)15-7-9-28-10-8-15)31-25-29-12-18-23(32-25)36-13-33(24(18)35)22-19(26)3-2-4-20(22)27/h2-6,11-12,15,28H,7-10,13H2,1H3,(H,30,34)(H,29,31,32). The molecular weight excluding hydrogens is 503 g/mol. The van der Waals surface area contributed by atoms with E-state index in [0.717, 1.165) is 37.2 Å². The Kier molecular flexibility index (Phi) is 6.95. The van der Waals surface area contributed by atoms with Crippen molar-refractivity contribution in [2.24, 2.45) is 0 Å². The molecule has 2 amide bonds. The first-order valence-electron chi connectivity index (χ1n) is 11.6. The summed E-state index contributed by atoms with van der Waals surface area (Å²) in [5.74, 6) is 0.287. The lowest BCUT2D eigenvalue weighted by atomic mass is 9.89. The van der Waals surface area contributed by atoms with Gasteiger partial charge in [0.05, 0.1) is 15.7 Å². The van der Waals surface area contributed by atoms with Crippen LogP contribution in [0.5, 0.6) is 5.88 Å². The molecule has 1 saturated heterocycles. The number of nitrogens with zero attached hydrogens (tertiary/aromatic N) is 3. The van der Waals surface area contributed by atoms with Gasteiger partial charge >= 0.3 is 0 Å². The van der Waals surface area contributed by atoms with Gasteiger partial charge in [-0.15, -0.1) is 0 Å². The minimum Gasteiger partial charge on any atom is -0.455 e. The number of anilines is 4. The average molecular weight is 527 g/mol. The van der Waals surface area contributed by atoms with Crippen LogP contribution in [-0.2, 0) is 4.79 Å². The van der Waals surface area contributed by atoms with E-state index in [1.807, 2.05) is 18.2 Å². The summed E-state index contributed by atoms with van der Waals surface area (Å²) in [7, 11) is 0. The van der Waals surface area contributed by atoms with Crippen LogP contribution in [-0.4, -0.2) is 41.6 Å². The smallest absolute Gasteiger partial charge is 0.268 e. The Labute approximate surface area is 218 Å². The molecule has 0 saturated carbocycles. The van der Waals surface area contributed by atoms with Gasteiger partial charge in [0.15, 0.2) is 6.73 Å². The van der Waals surface area contributed by atoms with Crippen LogP contribution >= 0.6 is 23.2 Å². The molecule has 0 bridgehead atoms. The highest BCUT2D eigenvalue weighted by atomic mass is 35.5. The Morgan fingerprint density at radius 3 is 2.64 bits per heavy atom. The van der Waals surface area contributed by atoms with Gasteiger partial charge in [0, 0.05) is 24.5 Å². The fraction of sp³-hybridized carbons (Fsp3) is 0.280. The second-order valence-electron chi connectivity index (χ2n) is 8.62. The number of aromatic nitrogens is 2. The molecule has 3 N–H and O–H groups in total. The van der Waals surface area contributed by atoms with Crippen LogP contribution in [0.15, 0.2) is 42.6 Å². The summed E-state index contributed by atoms with van der Waals surface area (Å²) in [6, 6.07) is 10.8. The zero-order valence-corrected chi connectivity index (χ0v) is 21.0. The van der Waals surface area contributed by atoms with Crippen LogP contribution in [0.1, 0.15) is 41.6 Å². The predicted octanol–water partition coefficient (Wildman–Crippen LogP) is 4.95. The van der Waals surface area contributed by atoms with E-state index in [1.165, 1.54) is 18.0 Å². The van der Waals surface area contributed by atoms with E-state index in [4.69, 9.17) is 27.9 Å². The number of piperidine rings is 1. The Morgan fingerprint density at radius 2 is 1.92 bits per heavy atom. The minimum absolute atomic E-state index is 0.0939. The number of fused-ring (bicyclic) bond motifs is 1. The number of benzene rings is 2. The van der Waals surface area contributed by atoms with E-state index in [1.54, 1.807) is 18.2 Å². The molecule has 0 unspecified atom stereocenters. The van der Waals surface area contributed by atoms with E-state index in [-0.39, 0.29) is 35.9 Å². The zero-order valence-electron chi connectivity index (χ0n) is 19.5. The average Bonchev–Trinajstić information content (AvgIpc) is 2.85. The van der Waals surface area contributed by atoms with Crippen molar-refractivity contribution in [2.75, 3.05) is 35.4 Å². The lowest BCUT2D eigenvalue weighted by molar-refractivity contribution is -0.114. The van der Waals surface area contributed by atoms with Gasteiger partial charge in [-0.2, -0.15) is 4.98 Å². The number of carbonyl (C=O) groups is 2. The number of carbonyl (C=O) groups excluding carboxylic acids is 2. The summed E-state index contributed by atoms with van der Waals surface area (Å²) in [5.41, 5.74) is 3.14. The van der Waals surface area contributed by atoms with Gasteiger partial charge in [0.1, 0.15) is 5.56 Å². The predicted molar refractivity (Wildman–Crippen MR) is 140 cm³/mol. The van der Waals surface area contributed by atoms with Crippen LogP contribution in [0.25, 0.3) is 0 Å². The summed E-state index contributed by atoms with van der Waals surface area (Å²) < 4.78 is 5.76. The summed E-state index contributed by atoms with van der Waals surface area (Å²) in [5, 5.41) is 10.1. The van der Waals surface area contributed by atoms with Crippen LogP contribution in [0.4, 0.5) is 23.0 Å². The fourth-order valence-corrected chi connectivity index (χ4v) is 5.08. The van der Waals surface area contributed by atoms with Gasteiger partial charge in [-0.05, 0) is 61.7 Å². The molecule has 9 nitrogen and oxygen atoms in total. The lowest BCUT2D eigenvalue weighted by Crippen LogP contribution is -2.39. The van der Waals surface area contributed by atoms with Gasteiger partial charge in [-0.3, -0.25) is 14.5 Å². The molecule has 0 spiro atoms. The number of nitrogens with one attached hydrogen (secondary N) is 3. The number of hydrogen-bond acceptors (Lipinski definition) is 7. The molecule has 11 heteroatoms. The van der Waals surface area contributed by atoms with Crippen LogP contribution in [0.2, 0.25) is 10.0 Å². The molecule has 0 atom stereocenters. The molecule has 36 heavy (non-hydrogen) atoms. The molecular formula is C25H24Cl2N6O3. The second-order valence-corrected chi connectivity index (χ2v) is 9.44. The van der Waals surface area contributed by atoms with E-state index in [0.29, 0.717) is 27.3 Å². The third-order valence-corrected chi connectivity index (χ3v) is 6.78. The highest BCUT2D eigenvalue weighted by Gasteiger charge is 2.31. The fourth-order valence-electron chi connectivity index (χ4n) is 4.48. The van der Waals surface area contributed by atoms with Crippen LogP contribution < -0.4 is 25.6 Å².